The van der Waals surface area contributed by atoms with Crippen molar-refractivity contribution in [2.75, 3.05) is 27.3 Å². The highest BCUT2D eigenvalue weighted by atomic mass is 16.6. The van der Waals surface area contributed by atoms with E-state index in [1.165, 1.54) is 5.56 Å². The highest BCUT2D eigenvalue weighted by Crippen LogP contribution is 2.40. The Morgan fingerprint density at radius 2 is 1.44 bits per heavy atom. The van der Waals surface area contributed by atoms with Gasteiger partial charge in [0.05, 0.1) is 25.4 Å². The molecule has 0 spiro atoms. The predicted octanol–water partition coefficient (Wildman–Crippen LogP) is 7.79. The van der Waals surface area contributed by atoms with Crippen molar-refractivity contribution >= 4 is 23.1 Å². The van der Waals surface area contributed by atoms with Crippen molar-refractivity contribution in [3.63, 3.8) is 0 Å². The Kier molecular flexibility index (Phi) is 8.62. The molecule has 1 aliphatic rings. The van der Waals surface area contributed by atoms with Crippen LogP contribution < -0.4 is 9.47 Å². The van der Waals surface area contributed by atoms with Gasteiger partial charge >= 0.3 is 12.2 Å². The number of methoxy groups -OCH3 is 2. The summed E-state index contributed by atoms with van der Waals surface area (Å²) in [6, 6.07) is 12.1. The summed E-state index contributed by atoms with van der Waals surface area (Å²) in [5.41, 5.74) is 3.53. The normalized spacial score (nSPS) is 14.7. The third-order valence-corrected chi connectivity index (χ3v) is 7.30. The van der Waals surface area contributed by atoms with Crippen molar-refractivity contribution in [3.8, 4) is 22.8 Å². The SMILES string of the molecule is CCc1c(-c2ccc(OC)c(OC)c2)n(C(=O)OC(C)(C)C)c2ccc(C3CCN(C(=O)OC(C)(C)C)CC3)cc12. The molecule has 1 fully saturated rings. The Bertz CT molecular complexity index is 1420. The molecule has 0 aliphatic carbocycles. The van der Waals surface area contributed by atoms with E-state index < -0.39 is 17.3 Å². The highest BCUT2D eigenvalue weighted by molar-refractivity contribution is 6.00. The number of aromatic nitrogens is 1. The second kappa shape index (κ2) is 11.7. The van der Waals surface area contributed by atoms with Crippen LogP contribution in [0.25, 0.3) is 22.2 Å². The van der Waals surface area contributed by atoms with E-state index in [0.717, 1.165) is 47.0 Å². The number of carbonyl (C=O) groups excluding carboxylic acids is 2. The summed E-state index contributed by atoms with van der Waals surface area (Å²) in [6.45, 7) is 14.7. The highest BCUT2D eigenvalue weighted by Gasteiger charge is 2.30. The van der Waals surface area contributed by atoms with Crippen LogP contribution in [0, 0.1) is 0 Å². The zero-order valence-electron chi connectivity index (χ0n) is 25.9. The van der Waals surface area contributed by atoms with Gasteiger partial charge in [0.2, 0.25) is 0 Å². The van der Waals surface area contributed by atoms with E-state index in [4.69, 9.17) is 18.9 Å². The summed E-state index contributed by atoms with van der Waals surface area (Å²) in [5.74, 6) is 1.51. The van der Waals surface area contributed by atoms with Crippen LogP contribution in [0.4, 0.5) is 9.59 Å². The predicted molar refractivity (Wildman–Crippen MR) is 161 cm³/mol. The van der Waals surface area contributed by atoms with Crippen LogP contribution >= 0.6 is 0 Å². The third kappa shape index (κ3) is 6.63. The zero-order chi connectivity index (χ0) is 30.1. The van der Waals surface area contributed by atoms with Crippen LogP contribution in [0.3, 0.4) is 0 Å². The topological polar surface area (TPSA) is 79.2 Å². The van der Waals surface area contributed by atoms with Crippen molar-refractivity contribution in [3.05, 3.63) is 47.5 Å². The molecule has 41 heavy (non-hydrogen) atoms. The molecule has 3 aromatic rings. The molecular weight excluding hydrogens is 520 g/mol. The van der Waals surface area contributed by atoms with E-state index in [9.17, 15) is 9.59 Å². The van der Waals surface area contributed by atoms with Gasteiger partial charge in [0.1, 0.15) is 11.2 Å². The quantitative estimate of drug-likeness (QED) is 0.315. The van der Waals surface area contributed by atoms with Crippen molar-refractivity contribution in [2.45, 2.75) is 84.8 Å². The van der Waals surface area contributed by atoms with Crippen LogP contribution in [0.5, 0.6) is 11.5 Å². The van der Waals surface area contributed by atoms with Crippen molar-refractivity contribution in [2.24, 2.45) is 0 Å². The van der Waals surface area contributed by atoms with Crippen LogP contribution in [-0.4, -0.2) is 60.2 Å². The number of benzene rings is 2. The van der Waals surface area contributed by atoms with Gasteiger partial charge in [0.25, 0.3) is 0 Å². The summed E-state index contributed by atoms with van der Waals surface area (Å²) < 4.78 is 24.2. The molecule has 0 N–H and O–H groups in total. The molecule has 0 atom stereocenters. The lowest BCUT2D eigenvalue weighted by molar-refractivity contribution is 0.0204. The summed E-state index contributed by atoms with van der Waals surface area (Å²) in [4.78, 5) is 28.1. The molecule has 0 unspecified atom stereocenters. The van der Waals surface area contributed by atoms with Gasteiger partial charge in [-0.25, -0.2) is 14.2 Å². The fraction of sp³-hybridized carbons (Fsp3) is 0.515. The van der Waals surface area contributed by atoms with Crippen LogP contribution in [-0.2, 0) is 15.9 Å². The lowest BCUT2D eigenvalue weighted by Gasteiger charge is -2.33. The van der Waals surface area contributed by atoms with Gasteiger partial charge in [-0.3, -0.25) is 0 Å². The first kappa shape index (κ1) is 30.3. The Balaban J connectivity index is 1.77. The van der Waals surface area contributed by atoms with Crippen LogP contribution in [0.15, 0.2) is 36.4 Å². The third-order valence-electron chi connectivity index (χ3n) is 7.30. The monoisotopic (exact) mass is 564 g/mol. The Morgan fingerprint density at radius 1 is 0.829 bits per heavy atom. The molecule has 0 bridgehead atoms. The Hall–Kier alpha value is -3.68. The number of amides is 1. The first-order valence-corrected chi connectivity index (χ1v) is 14.4. The zero-order valence-corrected chi connectivity index (χ0v) is 25.9. The van der Waals surface area contributed by atoms with Crippen molar-refractivity contribution in [1.29, 1.82) is 0 Å². The number of ether oxygens (including phenoxy) is 4. The van der Waals surface area contributed by atoms with E-state index >= 15 is 0 Å². The number of piperidine rings is 1. The van der Waals surface area contributed by atoms with E-state index in [2.05, 4.69) is 19.1 Å². The maximum Gasteiger partial charge on any atom is 0.419 e. The average molecular weight is 565 g/mol. The van der Waals surface area contributed by atoms with E-state index in [0.29, 0.717) is 30.5 Å². The molecule has 1 aromatic heterocycles. The second-order valence-corrected chi connectivity index (χ2v) is 12.6. The number of hydrogen-bond donors (Lipinski definition) is 0. The standard InChI is InChI=1S/C33H44N2O6/c1-10-24-25-19-22(21-15-17-34(18-16-21)30(36)40-32(2,3)4)11-13-26(25)35(31(37)41-33(5,6)7)29(24)23-12-14-27(38-8)28(20-23)39-9/h11-14,19-21H,10,15-18H2,1-9H3. The molecule has 2 heterocycles. The van der Waals surface area contributed by atoms with E-state index in [-0.39, 0.29) is 6.09 Å². The lowest BCUT2D eigenvalue weighted by Crippen LogP contribution is -2.41. The van der Waals surface area contributed by atoms with Gasteiger partial charge in [0, 0.05) is 24.0 Å². The van der Waals surface area contributed by atoms with Crippen LogP contribution in [0.2, 0.25) is 0 Å². The molecule has 0 radical (unpaired) electrons. The minimum atomic E-state index is -0.656. The first-order chi connectivity index (χ1) is 19.3. The number of aryl methyl sites for hydroxylation is 1. The molecule has 8 nitrogen and oxygen atoms in total. The molecule has 222 valence electrons. The summed E-state index contributed by atoms with van der Waals surface area (Å²) in [5, 5.41) is 1.02. The number of rotatable bonds is 5. The van der Waals surface area contributed by atoms with Gasteiger partial charge in [-0.15, -0.1) is 0 Å². The number of hydrogen-bond acceptors (Lipinski definition) is 6. The molecule has 1 aliphatic heterocycles. The molecule has 2 aromatic carbocycles. The maximum absolute atomic E-state index is 13.7. The fourth-order valence-electron chi connectivity index (χ4n) is 5.49. The van der Waals surface area contributed by atoms with E-state index in [1.807, 2.05) is 65.8 Å². The van der Waals surface area contributed by atoms with Crippen molar-refractivity contribution in [1.82, 2.24) is 9.47 Å². The Morgan fingerprint density at radius 3 is 2.00 bits per heavy atom. The number of nitrogens with zero attached hydrogens (tertiary/aromatic N) is 2. The molecule has 4 rings (SSSR count). The molecule has 1 saturated heterocycles. The summed E-state index contributed by atoms with van der Waals surface area (Å²) >= 11 is 0. The summed E-state index contributed by atoms with van der Waals surface area (Å²) in [7, 11) is 3.21. The maximum atomic E-state index is 13.7. The minimum absolute atomic E-state index is 0.256. The second-order valence-electron chi connectivity index (χ2n) is 12.6. The Labute approximate surface area is 243 Å². The minimum Gasteiger partial charge on any atom is -0.493 e. The van der Waals surface area contributed by atoms with Gasteiger partial charge in [-0.05, 0) is 108 Å². The summed E-state index contributed by atoms with van der Waals surface area (Å²) in [6.07, 6.45) is 1.73. The fourth-order valence-corrected chi connectivity index (χ4v) is 5.49. The molecular formula is C33H44N2O6. The largest absolute Gasteiger partial charge is 0.493 e. The van der Waals surface area contributed by atoms with Gasteiger partial charge in [0.15, 0.2) is 11.5 Å². The van der Waals surface area contributed by atoms with Gasteiger partial charge in [-0.1, -0.05) is 13.0 Å². The molecule has 1 amide bonds. The lowest BCUT2D eigenvalue weighted by atomic mass is 9.88. The average Bonchev–Trinajstić information content (AvgIpc) is 3.24. The number of fused-ring (bicyclic) bond motifs is 1. The van der Waals surface area contributed by atoms with Gasteiger partial charge in [-0.2, -0.15) is 0 Å². The smallest absolute Gasteiger partial charge is 0.419 e. The number of carbonyl (C=O) groups is 2. The first-order valence-electron chi connectivity index (χ1n) is 14.4. The molecule has 0 saturated carbocycles. The number of likely N-dealkylation sites (tertiary alicyclic amines) is 1. The van der Waals surface area contributed by atoms with Crippen molar-refractivity contribution < 1.29 is 28.5 Å². The molecule has 8 heteroatoms. The van der Waals surface area contributed by atoms with E-state index in [1.54, 1.807) is 23.7 Å². The van der Waals surface area contributed by atoms with Crippen LogP contribution in [0.1, 0.15) is 78.4 Å². The van der Waals surface area contributed by atoms with Gasteiger partial charge < -0.3 is 23.8 Å².